The van der Waals surface area contributed by atoms with E-state index in [4.69, 9.17) is 0 Å². The number of rotatable bonds is 6. The fourth-order valence-corrected chi connectivity index (χ4v) is 7.14. The van der Waals surface area contributed by atoms with Crippen molar-refractivity contribution in [3.8, 4) is 5.69 Å². The van der Waals surface area contributed by atoms with E-state index in [-0.39, 0.29) is 16.9 Å². The normalized spacial score (nSPS) is 17.9. The quantitative estimate of drug-likeness (QED) is 0.374. The van der Waals surface area contributed by atoms with Crippen LogP contribution < -0.4 is 0 Å². The summed E-state index contributed by atoms with van der Waals surface area (Å²) in [5.41, 5.74) is 3.88. The van der Waals surface area contributed by atoms with Gasteiger partial charge in [-0.3, -0.25) is 4.90 Å². The molecule has 0 bridgehead atoms. The minimum absolute atomic E-state index is 0.0724. The largest absolute Gasteiger partial charge is 0.294 e. The van der Waals surface area contributed by atoms with Crippen molar-refractivity contribution in [2.45, 2.75) is 38.3 Å². The highest BCUT2D eigenvalue weighted by molar-refractivity contribution is 7.89. The smallest absolute Gasteiger partial charge is 0.261 e. The average Bonchev–Trinajstić information content (AvgIpc) is 3.46. The Balaban J connectivity index is 1.52. The van der Waals surface area contributed by atoms with Crippen LogP contribution in [0.2, 0.25) is 0 Å². The van der Waals surface area contributed by atoms with Crippen molar-refractivity contribution in [1.29, 1.82) is 0 Å². The zero-order valence-electron chi connectivity index (χ0n) is 20.0. The van der Waals surface area contributed by atoms with Crippen LogP contribution in [-0.4, -0.2) is 58.6 Å². The molecule has 3 heterocycles. The molecule has 184 valence electrons. The summed E-state index contributed by atoms with van der Waals surface area (Å²) in [6, 6.07) is 10.4. The minimum Gasteiger partial charge on any atom is -0.294 e. The Bertz CT molecular complexity index is 1460. The number of hydrogen-bond acceptors (Lipinski definition) is 6. The third kappa shape index (κ3) is 4.51. The van der Waals surface area contributed by atoms with Gasteiger partial charge in [-0.15, -0.1) is 11.3 Å². The van der Waals surface area contributed by atoms with E-state index in [9.17, 15) is 12.8 Å². The van der Waals surface area contributed by atoms with E-state index >= 15 is 0 Å². The molecule has 4 aromatic rings. The van der Waals surface area contributed by atoms with Gasteiger partial charge in [-0.05, 0) is 74.3 Å². The van der Waals surface area contributed by atoms with Crippen LogP contribution in [0.4, 0.5) is 4.39 Å². The number of nitrogens with zero attached hydrogens (tertiary/aromatic N) is 5. The molecule has 2 aromatic heterocycles. The third-order valence-electron chi connectivity index (χ3n) is 6.55. The Morgan fingerprint density at radius 3 is 2.60 bits per heavy atom. The first kappa shape index (κ1) is 24.1. The summed E-state index contributed by atoms with van der Waals surface area (Å²) < 4.78 is 43.5. The van der Waals surface area contributed by atoms with Gasteiger partial charge in [0, 0.05) is 36.4 Å². The summed E-state index contributed by atoms with van der Waals surface area (Å²) >= 11 is 1.35. The van der Waals surface area contributed by atoms with Crippen LogP contribution in [0.15, 0.2) is 53.0 Å². The van der Waals surface area contributed by atoms with Gasteiger partial charge >= 0.3 is 0 Å². The molecule has 2 aromatic carbocycles. The van der Waals surface area contributed by atoms with Crippen molar-refractivity contribution in [2.24, 2.45) is 0 Å². The molecule has 0 saturated carbocycles. The number of thiazole rings is 1. The molecule has 0 N–H and O–H groups in total. The van der Waals surface area contributed by atoms with Crippen molar-refractivity contribution in [3.05, 3.63) is 69.9 Å². The number of piperazine rings is 1. The zero-order valence-corrected chi connectivity index (χ0v) is 21.6. The SMILES string of the molecule is CCCN1CCN(S(=O)(=O)c2csc(C)n2)C[C@@H]1c1cc2cnn(-c3ccc(F)cc3)c2cc1C. The maximum atomic E-state index is 13.4. The van der Waals surface area contributed by atoms with Crippen LogP contribution >= 0.6 is 11.3 Å². The molecular weight excluding hydrogens is 485 g/mol. The highest BCUT2D eigenvalue weighted by Crippen LogP contribution is 2.34. The maximum absolute atomic E-state index is 13.4. The van der Waals surface area contributed by atoms with Gasteiger partial charge in [0.2, 0.25) is 0 Å². The van der Waals surface area contributed by atoms with Gasteiger partial charge in [0.05, 0.1) is 22.4 Å². The fourth-order valence-electron chi connectivity index (χ4n) is 4.80. The summed E-state index contributed by atoms with van der Waals surface area (Å²) in [5, 5.41) is 8.00. The molecule has 1 atom stereocenters. The number of benzene rings is 2. The molecule has 0 radical (unpaired) electrons. The van der Waals surface area contributed by atoms with E-state index in [1.165, 1.54) is 23.5 Å². The summed E-state index contributed by atoms with van der Waals surface area (Å²) in [6.45, 7) is 8.37. The summed E-state index contributed by atoms with van der Waals surface area (Å²) in [4.78, 5) is 6.62. The first-order valence-electron chi connectivity index (χ1n) is 11.7. The minimum atomic E-state index is -3.65. The second-order valence-electron chi connectivity index (χ2n) is 8.92. The van der Waals surface area contributed by atoms with Gasteiger partial charge in [0.25, 0.3) is 10.0 Å². The van der Waals surface area contributed by atoms with Gasteiger partial charge < -0.3 is 0 Å². The fraction of sp³-hybridized carbons (Fsp3) is 0.360. The lowest BCUT2D eigenvalue weighted by atomic mass is 9.96. The van der Waals surface area contributed by atoms with Crippen LogP contribution in [0.25, 0.3) is 16.6 Å². The second-order valence-corrected chi connectivity index (χ2v) is 11.9. The lowest BCUT2D eigenvalue weighted by Gasteiger charge is -2.41. The molecule has 10 heteroatoms. The Kier molecular flexibility index (Phi) is 6.47. The number of aromatic nitrogens is 3. The summed E-state index contributed by atoms with van der Waals surface area (Å²) in [5.74, 6) is -0.288. The van der Waals surface area contributed by atoms with Crippen molar-refractivity contribution < 1.29 is 12.8 Å². The van der Waals surface area contributed by atoms with Crippen molar-refractivity contribution in [1.82, 2.24) is 24.0 Å². The average molecular weight is 514 g/mol. The Morgan fingerprint density at radius 1 is 1.14 bits per heavy atom. The number of fused-ring (bicyclic) bond motifs is 1. The predicted molar refractivity (Wildman–Crippen MR) is 136 cm³/mol. The molecule has 1 fully saturated rings. The molecular formula is C25H28FN5O2S2. The lowest BCUT2D eigenvalue weighted by molar-refractivity contribution is 0.118. The lowest BCUT2D eigenvalue weighted by Crippen LogP contribution is -2.50. The number of halogens is 1. The highest BCUT2D eigenvalue weighted by Gasteiger charge is 2.36. The highest BCUT2D eigenvalue weighted by atomic mass is 32.2. The summed E-state index contributed by atoms with van der Waals surface area (Å²) in [6.07, 6.45) is 2.79. The maximum Gasteiger partial charge on any atom is 0.261 e. The van der Waals surface area contributed by atoms with Crippen LogP contribution in [0, 0.1) is 19.7 Å². The van der Waals surface area contributed by atoms with Crippen LogP contribution in [0.3, 0.4) is 0 Å². The molecule has 0 spiro atoms. The second kappa shape index (κ2) is 9.42. The van der Waals surface area contributed by atoms with E-state index in [1.807, 2.05) is 6.92 Å². The molecule has 1 aliphatic heterocycles. The first-order chi connectivity index (χ1) is 16.8. The predicted octanol–water partition coefficient (Wildman–Crippen LogP) is 4.70. The van der Waals surface area contributed by atoms with E-state index in [1.54, 1.807) is 32.7 Å². The molecule has 0 unspecified atom stereocenters. The van der Waals surface area contributed by atoms with Crippen LogP contribution in [0.1, 0.15) is 35.5 Å². The van der Waals surface area contributed by atoms with Gasteiger partial charge in [-0.2, -0.15) is 9.40 Å². The molecule has 1 saturated heterocycles. The zero-order chi connectivity index (χ0) is 24.7. The van der Waals surface area contributed by atoms with Gasteiger partial charge in [0.15, 0.2) is 5.03 Å². The van der Waals surface area contributed by atoms with Gasteiger partial charge in [-0.1, -0.05) is 6.92 Å². The molecule has 5 rings (SSSR count). The Morgan fingerprint density at radius 2 is 1.91 bits per heavy atom. The van der Waals surface area contributed by atoms with Gasteiger partial charge in [-0.25, -0.2) is 22.5 Å². The number of aryl methyl sites for hydroxylation is 2. The first-order valence-corrected chi connectivity index (χ1v) is 14.0. The third-order valence-corrected chi connectivity index (χ3v) is 9.22. The van der Waals surface area contributed by atoms with Gasteiger partial charge in [0.1, 0.15) is 5.82 Å². The van der Waals surface area contributed by atoms with E-state index < -0.39 is 10.0 Å². The number of sulfonamides is 1. The van der Waals surface area contributed by atoms with E-state index in [2.05, 4.69) is 41.0 Å². The Labute approximate surface area is 208 Å². The standard InChI is InChI=1S/C25H28FN5O2S2/c1-4-9-29-10-11-30(35(32,33)25-16-34-18(3)28-25)15-24(29)22-13-19-14-27-31(23(19)12-17(22)2)21-7-5-20(26)6-8-21/h5-8,12-14,16,24H,4,9-11,15H2,1-3H3/t24-/m1/s1. The monoisotopic (exact) mass is 513 g/mol. The molecule has 1 aliphatic rings. The number of hydrogen-bond donors (Lipinski definition) is 0. The van der Waals surface area contributed by atoms with E-state index in [0.29, 0.717) is 19.6 Å². The van der Waals surface area contributed by atoms with Crippen LogP contribution in [0.5, 0.6) is 0 Å². The Hall–Kier alpha value is -2.66. The molecule has 35 heavy (non-hydrogen) atoms. The topological polar surface area (TPSA) is 71.3 Å². The van der Waals surface area contributed by atoms with Crippen molar-refractivity contribution in [3.63, 3.8) is 0 Å². The summed E-state index contributed by atoms with van der Waals surface area (Å²) in [7, 11) is -3.65. The molecule has 7 nitrogen and oxygen atoms in total. The van der Waals surface area contributed by atoms with Crippen LogP contribution in [-0.2, 0) is 10.0 Å². The molecule has 0 amide bonds. The van der Waals surface area contributed by atoms with E-state index in [0.717, 1.165) is 45.7 Å². The molecule has 0 aliphatic carbocycles. The van der Waals surface area contributed by atoms with Crippen molar-refractivity contribution >= 4 is 32.3 Å². The van der Waals surface area contributed by atoms with Crippen molar-refractivity contribution in [2.75, 3.05) is 26.2 Å².